The number of rotatable bonds is 5. The van der Waals surface area contributed by atoms with Gasteiger partial charge in [-0.2, -0.15) is 0 Å². The molecule has 138 valence electrons. The summed E-state index contributed by atoms with van der Waals surface area (Å²) in [5, 5.41) is 0. The summed E-state index contributed by atoms with van der Waals surface area (Å²) >= 11 is 0. The van der Waals surface area contributed by atoms with Crippen LogP contribution in [0.15, 0.2) is 42.5 Å². The Morgan fingerprint density at radius 2 is 1.42 bits per heavy atom. The molecule has 1 saturated heterocycles. The first-order valence-corrected chi connectivity index (χ1v) is 8.57. The third kappa shape index (κ3) is 3.54. The Hall–Kier alpha value is -2.89. The number of ether oxygens (including phenoxy) is 3. The van der Waals surface area contributed by atoms with E-state index in [0.717, 1.165) is 13.1 Å². The van der Waals surface area contributed by atoms with E-state index < -0.39 is 0 Å². The molecule has 0 spiro atoms. The summed E-state index contributed by atoms with van der Waals surface area (Å²) in [6.07, 6.45) is 0. The number of carbonyl (C=O) groups is 1. The van der Waals surface area contributed by atoms with Crippen molar-refractivity contribution in [3.05, 3.63) is 48.0 Å². The number of nitrogens with zero attached hydrogens (tertiary/aromatic N) is 2. The van der Waals surface area contributed by atoms with Crippen LogP contribution in [-0.4, -0.2) is 58.3 Å². The Kier molecular flexibility index (Phi) is 5.51. The molecule has 0 unspecified atom stereocenters. The van der Waals surface area contributed by atoms with Gasteiger partial charge in [0.25, 0.3) is 5.91 Å². The van der Waals surface area contributed by atoms with Gasteiger partial charge >= 0.3 is 0 Å². The smallest absolute Gasteiger partial charge is 0.254 e. The number of piperazine rings is 1. The van der Waals surface area contributed by atoms with Crippen molar-refractivity contribution in [2.45, 2.75) is 0 Å². The molecule has 1 aliphatic heterocycles. The van der Waals surface area contributed by atoms with Crippen LogP contribution in [-0.2, 0) is 0 Å². The number of amides is 1. The first-order valence-electron chi connectivity index (χ1n) is 8.57. The minimum absolute atomic E-state index is 0.0306. The molecular weight excluding hydrogens is 332 g/mol. The second kappa shape index (κ2) is 7.99. The van der Waals surface area contributed by atoms with E-state index in [4.69, 9.17) is 14.2 Å². The molecule has 0 bridgehead atoms. The van der Waals surface area contributed by atoms with E-state index in [1.54, 1.807) is 33.5 Å². The summed E-state index contributed by atoms with van der Waals surface area (Å²) in [4.78, 5) is 17.1. The summed E-state index contributed by atoms with van der Waals surface area (Å²) in [6.45, 7) is 2.95. The fourth-order valence-electron chi connectivity index (χ4n) is 3.19. The zero-order chi connectivity index (χ0) is 18.5. The van der Waals surface area contributed by atoms with E-state index in [1.165, 1.54) is 5.69 Å². The normalized spacial score (nSPS) is 14.1. The molecule has 0 aromatic heterocycles. The average Bonchev–Trinajstić information content (AvgIpc) is 2.72. The van der Waals surface area contributed by atoms with Gasteiger partial charge in [-0.15, -0.1) is 0 Å². The lowest BCUT2D eigenvalue weighted by Gasteiger charge is -2.36. The Morgan fingerprint density at radius 1 is 0.846 bits per heavy atom. The Bertz CT molecular complexity index is 731. The summed E-state index contributed by atoms with van der Waals surface area (Å²) in [7, 11) is 4.64. The van der Waals surface area contributed by atoms with Gasteiger partial charge in [-0.1, -0.05) is 18.2 Å². The van der Waals surface area contributed by atoms with Gasteiger partial charge < -0.3 is 24.0 Å². The van der Waals surface area contributed by atoms with Crippen LogP contribution < -0.4 is 19.1 Å². The molecular formula is C20H24N2O4. The zero-order valence-electron chi connectivity index (χ0n) is 15.4. The van der Waals surface area contributed by atoms with Crippen molar-refractivity contribution in [1.82, 2.24) is 4.90 Å². The van der Waals surface area contributed by atoms with Crippen LogP contribution in [0.25, 0.3) is 0 Å². The molecule has 0 radical (unpaired) electrons. The van der Waals surface area contributed by atoms with Gasteiger partial charge in [0.1, 0.15) is 0 Å². The number of para-hydroxylation sites is 1. The number of hydrogen-bond donors (Lipinski definition) is 0. The molecule has 2 aromatic carbocycles. The van der Waals surface area contributed by atoms with Crippen LogP contribution in [0.4, 0.5) is 5.69 Å². The number of carbonyl (C=O) groups excluding carboxylic acids is 1. The quantitative estimate of drug-likeness (QED) is 0.824. The van der Waals surface area contributed by atoms with Crippen molar-refractivity contribution >= 4 is 11.6 Å². The highest BCUT2D eigenvalue weighted by molar-refractivity contribution is 5.95. The molecule has 0 N–H and O–H groups in total. The maximum atomic E-state index is 12.9. The van der Waals surface area contributed by atoms with E-state index in [1.807, 2.05) is 23.1 Å². The topological polar surface area (TPSA) is 51.2 Å². The maximum Gasteiger partial charge on any atom is 0.254 e. The predicted molar refractivity (Wildman–Crippen MR) is 101 cm³/mol. The van der Waals surface area contributed by atoms with E-state index >= 15 is 0 Å². The van der Waals surface area contributed by atoms with Crippen LogP contribution in [0, 0.1) is 0 Å². The zero-order valence-corrected chi connectivity index (χ0v) is 15.4. The summed E-state index contributed by atoms with van der Waals surface area (Å²) < 4.78 is 16.0. The lowest BCUT2D eigenvalue weighted by atomic mass is 10.1. The number of methoxy groups -OCH3 is 3. The van der Waals surface area contributed by atoms with Gasteiger partial charge in [-0.25, -0.2) is 0 Å². The lowest BCUT2D eigenvalue weighted by molar-refractivity contribution is 0.0746. The molecule has 1 fully saturated rings. The van der Waals surface area contributed by atoms with Crippen LogP contribution in [0.5, 0.6) is 17.2 Å². The number of hydrogen-bond acceptors (Lipinski definition) is 5. The molecule has 0 atom stereocenters. The van der Waals surface area contributed by atoms with Gasteiger partial charge in [-0.05, 0) is 24.3 Å². The highest BCUT2D eigenvalue weighted by Gasteiger charge is 2.24. The molecule has 3 rings (SSSR count). The van der Waals surface area contributed by atoms with Crippen molar-refractivity contribution < 1.29 is 19.0 Å². The van der Waals surface area contributed by atoms with Crippen LogP contribution in [0.1, 0.15) is 10.4 Å². The Morgan fingerprint density at radius 3 is 1.92 bits per heavy atom. The summed E-state index contributed by atoms with van der Waals surface area (Å²) in [5.41, 5.74) is 1.72. The maximum absolute atomic E-state index is 12.9. The standard InChI is InChI=1S/C20H24N2O4/c1-24-17-13-15(14-18(25-2)19(17)26-3)20(23)22-11-9-21(10-12-22)16-7-5-4-6-8-16/h4-8,13-14H,9-12H2,1-3H3. The fourth-order valence-corrected chi connectivity index (χ4v) is 3.19. The molecule has 1 amide bonds. The Labute approximate surface area is 153 Å². The first kappa shape index (κ1) is 17.9. The highest BCUT2D eigenvalue weighted by atomic mass is 16.5. The second-order valence-corrected chi connectivity index (χ2v) is 6.03. The number of benzene rings is 2. The molecule has 0 saturated carbocycles. The van der Waals surface area contributed by atoms with E-state index in [-0.39, 0.29) is 5.91 Å². The van der Waals surface area contributed by atoms with Crippen molar-refractivity contribution in [1.29, 1.82) is 0 Å². The van der Waals surface area contributed by atoms with Crippen molar-refractivity contribution in [2.24, 2.45) is 0 Å². The van der Waals surface area contributed by atoms with E-state index in [2.05, 4.69) is 17.0 Å². The minimum Gasteiger partial charge on any atom is -0.493 e. The first-order chi connectivity index (χ1) is 12.7. The molecule has 0 aliphatic carbocycles. The molecule has 6 heteroatoms. The van der Waals surface area contributed by atoms with Crippen molar-refractivity contribution in [3.8, 4) is 17.2 Å². The fraction of sp³-hybridized carbons (Fsp3) is 0.350. The van der Waals surface area contributed by atoms with Crippen LogP contribution in [0.2, 0.25) is 0 Å². The SMILES string of the molecule is COc1cc(C(=O)N2CCN(c3ccccc3)CC2)cc(OC)c1OC. The Balaban J connectivity index is 1.74. The van der Waals surface area contributed by atoms with Crippen molar-refractivity contribution in [2.75, 3.05) is 52.4 Å². The van der Waals surface area contributed by atoms with Crippen LogP contribution in [0.3, 0.4) is 0 Å². The predicted octanol–water partition coefficient (Wildman–Crippen LogP) is 2.67. The van der Waals surface area contributed by atoms with Crippen molar-refractivity contribution in [3.63, 3.8) is 0 Å². The van der Waals surface area contributed by atoms with Gasteiger partial charge in [0, 0.05) is 37.4 Å². The molecule has 2 aromatic rings. The molecule has 26 heavy (non-hydrogen) atoms. The third-order valence-corrected chi connectivity index (χ3v) is 4.60. The van der Waals surface area contributed by atoms with Gasteiger partial charge in [0.05, 0.1) is 21.3 Å². The summed E-state index contributed by atoms with van der Waals surface area (Å²) in [5.74, 6) is 1.42. The second-order valence-electron chi connectivity index (χ2n) is 6.03. The van der Waals surface area contributed by atoms with Crippen LogP contribution >= 0.6 is 0 Å². The van der Waals surface area contributed by atoms with Gasteiger partial charge in [0.2, 0.25) is 5.75 Å². The monoisotopic (exact) mass is 356 g/mol. The third-order valence-electron chi connectivity index (χ3n) is 4.60. The van der Waals surface area contributed by atoms with E-state index in [0.29, 0.717) is 35.9 Å². The largest absolute Gasteiger partial charge is 0.493 e. The lowest BCUT2D eigenvalue weighted by Crippen LogP contribution is -2.48. The molecule has 1 heterocycles. The molecule has 1 aliphatic rings. The molecule has 6 nitrogen and oxygen atoms in total. The highest BCUT2D eigenvalue weighted by Crippen LogP contribution is 2.38. The van der Waals surface area contributed by atoms with Gasteiger partial charge in [0.15, 0.2) is 11.5 Å². The summed E-state index contributed by atoms with van der Waals surface area (Å²) in [6, 6.07) is 13.7. The number of anilines is 1. The van der Waals surface area contributed by atoms with Gasteiger partial charge in [-0.3, -0.25) is 4.79 Å². The van der Waals surface area contributed by atoms with E-state index in [9.17, 15) is 4.79 Å². The minimum atomic E-state index is -0.0306. The average molecular weight is 356 g/mol.